The molecule has 1 aromatic heterocycles. The highest BCUT2D eigenvalue weighted by molar-refractivity contribution is 5.96. The Labute approximate surface area is 193 Å². The molecule has 0 saturated heterocycles. The molecule has 1 N–H and O–H groups in total. The lowest BCUT2D eigenvalue weighted by molar-refractivity contribution is 0.101. The van der Waals surface area contributed by atoms with Gasteiger partial charge in [-0.05, 0) is 78.8 Å². The number of Topliss-reactive ketones (excluding diaryl/α,β-unsaturated/α-hetero) is 1. The van der Waals surface area contributed by atoms with E-state index < -0.39 is 6.09 Å². The second-order valence-corrected chi connectivity index (χ2v) is 8.32. The second kappa shape index (κ2) is 9.86. The third-order valence-electron chi connectivity index (χ3n) is 6.14. The summed E-state index contributed by atoms with van der Waals surface area (Å²) in [7, 11) is 0. The van der Waals surface area contributed by atoms with Gasteiger partial charge in [-0.2, -0.15) is 0 Å². The fourth-order valence-electron chi connectivity index (χ4n) is 4.16. The van der Waals surface area contributed by atoms with Crippen LogP contribution in [0.25, 0.3) is 11.1 Å². The third kappa shape index (κ3) is 5.22. The average Bonchev–Trinajstić information content (AvgIpc) is 3.05. The van der Waals surface area contributed by atoms with E-state index >= 15 is 0 Å². The number of fused-ring (bicyclic) bond motifs is 1. The van der Waals surface area contributed by atoms with Crippen LogP contribution >= 0.6 is 0 Å². The number of carboxylic acid groups (broad SMARTS) is 1. The molecule has 0 spiro atoms. The molecule has 2 aromatic carbocycles. The zero-order valence-corrected chi connectivity index (χ0v) is 19.0. The van der Waals surface area contributed by atoms with Crippen LogP contribution in [0.5, 0.6) is 5.75 Å². The van der Waals surface area contributed by atoms with Crippen molar-refractivity contribution in [2.75, 3.05) is 13.1 Å². The molecule has 6 heteroatoms. The van der Waals surface area contributed by atoms with Crippen molar-refractivity contribution in [3.05, 3.63) is 82.7 Å². The van der Waals surface area contributed by atoms with Gasteiger partial charge in [0.1, 0.15) is 12.4 Å². The summed E-state index contributed by atoms with van der Waals surface area (Å²) in [6.07, 6.45) is 3.20. The Bertz CT molecular complexity index is 1190. The number of carbonyl (C=O) groups is 2. The number of pyridine rings is 1. The van der Waals surface area contributed by atoms with Crippen LogP contribution in [0.4, 0.5) is 4.79 Å². The summed E-state index contributed by atoms with van der Waals surface area (Å²) in [6.45, 7) is 4.96. The first kappa shape index (κ1) is 22.5. The quantitative estimate of drug-likeness (QED) is 0.531. The summed E-state index contributed by atoms with van der Waals surface area (Å²) in [5, 5.41) is 9.35. The predicted molar refractivity (Wildman–Crippen MR) is 127 cm³/mol. The van der Waals surface area contributed by atoms with Gasteiger partial charge in [-0.3, -0.25) is 9.78 Å². The van der Waals surface area contributed by atoms with E-state index in [1.54, 1.807) is 19.2 Å². The van der Waals surface area contributed by atoms with Crippen molar-refractivity contribution in [1.29, 1.82) is 0 Å². The summed E-state index contributed by atoms with van der Waals surface area (Å²) >= 11 is 0. The molecule has 1 aliphatic rings. The summed E-state index contributed by atoms with van der Waals surface area (Å²) in [5.41, 5.74) is 6.77. The lowest BCUT2D eigenvalue weighted by Crippen LogP contribution is -2.31. The van der Waals surface area contributed by atoms with Gasteiger partial charge in [-0.1, -0.05) is 25.1 Å². The number of hydrogen-bond acceptors (Lipinski definition) is 4. The summed E-state index contributed by atoms with van der Waals surface area (Å²) in [6, 6.07) is 15.7. The van der Waals surface area contributed by atoms with E-state index in [4.69, 9.17) is 4.74 Å². The highest BCUT2D eigenvalue weighted by Gasteiger charge is 2.19. The molecule has 1 aliphatic heterocycles. The monoisotopic (exact) mass is 444 g/mol. The number of benzene rings is 2. The van der Waals surface area contributed by atoms with Gasteiger partial charge in [0.15, 0.2) is 5.78 Å². The van der Waals surface area contributed by atoms with Gasteiger partial charge >= 0.3 is 6.09 Å². The highest BCUT2D eigenvalue weighted by atomic mass is 16.5. The van der Waals surface area contributed by atoms with E-state index in [0.29, 0.717) is 43.9 Å². The van der Waals surface area contributed by atoms with Gasteiger partial charge in [-0.25, -0.2) is 4.79 Å². The van der Waals surface area contributed by atoms with Crippen LogP contribution in [0.1, 0.15) is 46.6 Å². The van der Waals surface area contributed by atoms with Crippen LogP contribution in [0.3, 0.4) is 0 Å². The number of rotatable bonds is 6. The minimum Gasteiger partial charge on any atom is -0.487 e. The van der Waals surface area contributed by atoms with E-state index in [1.807, 2.05) is 30.3 Å². The number of hydrogen-bond donors (Lipinski definition) is 1. The van der Waals surface area contributed by atoms with Crippen molar-refractivity contribution in [3.63, 3.8) is 0 Å². The predicted octanol–water partition coefficient (Wildman–Crippen LogP) is 5.17. The molecular weight excluding hydrogens is 416 g/mol. The Hall–Kier alpha value is -3.67. The topological polar surface area (TPSA) is 79.7 Å². The summed E-state index contributed by atoms with van der Waals surface area (Å²) < 4.78 is 6.17. The fraction of sp³-hybridized carbons (Fsp3) is 0.296. The normalized spacial score (nSPS) is 13.2. The average molecular weight is 445 g/mol. The first-order chi connectivity index (χ1) is 15.9. The third-order valence-corrected chi connectivity index (χ3v) is 6.14. The van der Waals surface area contributed by atoms with Crippen molar-refractivity contribution < 1.29 is 19.4 Å². The van der Waals surface area contributed by atoms with Crippen LogP contribution in [0.15, 0.2) is 54.7 Å². The van der Waals surface area contributed by atoms with Crippen LogP contribution in [0, 0.1) is 0 Å². The van der Waals surface area contributed by atoms with Gasteiger partial charge in [0.25, 0.3) is 0 Å². The molecule has 33 heavy (non-hydrogen) atoms. The summed E-state index contributed by atoms with van der Waals surface area (Å²) in [4.78, 5) is 29.3. The molecule has 0 fully saturated rings. The zero-order valence-electron chi connectivity index (χ0n) is 19.0. The Morgan fingerprint density at radius 3 is 2.55 bits per heavy atom. The standard InChI is InChI=1S/C27H28N2O4/c1-3-19-8-11-28-24(14-19)17-33-26-7-6-21(18(2)30)16-25(26)23-5-4-20-9-12-29(27(31)32)13-10-22(20)15-23/h4-8,11,14-16H,3,9-10,12-13,17H2,1-2H3,(H,31,32). The SMILES string of the molecule is CCc1ccnc(COc2ccc(C(C)=O)cc2-c2ccc3c(c2)CCN(C(=O)O)CC3)c1. The number of amides is 1. The zero-order chi connectivity index (χ0) is 23.4. The van der Waals surface area contributed by atoms with Crippen molar-refractivity contribution in [2.45, 2.75) is 39.7 Å². The molecule has 1 amide bonds. The van der Waals surface area contributed by atoms with Gasteiger partial charge in [-0.15, -0.1) is 0 Å². The molecule has 0 radical (unpaired) electrons. The van der Waals surface area contributed by atoms with Gasteiger partial charge < -0.3 is 14.7 Å². The summed E-state index contributed by atoms with van der Waals surface area (Å²) in [5.74, 6) is 0.677. The molecule has 0 atom stereocenters. The maximum atomic E-state index is 12.1. The van der Waals surface area contributed by atoms with Gasteiger partial charge in [0, 0.05) is 30.4 Å². The molecule has 6 nitrogen and oxygen atoms in total. The van der Waals surface area contributed by atoms with E-state index in [2.05, 4.69) is 24.0 Å². The Morgan fingerprint density at radius 1 is 1.03 bits per heavy atom. The Morgan fingerprint density at radius 2 is 1.82 bits per heavy atom. The number of carbonyl (C=O) groups excluding carboxylic acids is 1. The van der Waals surface area contributed by atoms with E-state index in [-0.39, 0.29) is 5.78 Å². The number of aryl methyl sites for hydroxylation is 1. The molecule has 170 valence electrons. The molecule has 4 rings (SSSR count). The lowest BCUT2D eigenvalue weighted by Gasteiger charge is -2.15. The molecule has 0 bridgehead atoms. The first-order valence-electron chi connectivity index (χ1n) is 11.3. The Balaban J connectivity index is 1.65. The number of ketones is 1. The first-order valence-corrected chi connectivity index (χ1v) is 11.3. The number of ether oxygens (including phenoxy) is 1. The maximum absolute atomic E-state index is 12.1. The second-order valence-electron chi connectivity index (χ2n) is 8.32. The van der Waals surface area contributed by atoms with Crippen LogP contribution in [-0.2, 0) is 25.9 Å². The fourth-order valence-corrected chi connectivity index (χ4v) is 4.16. The van der Waals surface area contributed by atoms with Crippen molar-refractivity contribution in [3.8, 4) is 16.9 Å². The molecule has 0 saturated carbocycles. The maximum Gasteiger partial charge on any atom is 0.407 e. The van der Waals surface area contributed by atoms with E-state index in [9.17, 15) is 14.7 Å². The van der Waals surface area contributed by atoms with Crippen LogP contribution in [-0.4, -0.2) is 40.0 Å². The van der Waals surface area contributed by atoms with Crippen molar-refractivity contribution >= 4 is 11.9 Å². The van der Waals surface area contributed by atoms with Crippen LogP contribution in [0.2, 0.25) is 0 Å². The van der Waals surface area contributed by atoms with Gasteiger partial charge in [0.05, 0.1) is 5.69 Å². The molecule has 0 unspecified atom stereocenters. The van der Waals surface area contributed by atoms with Crippen molar-refractivity contribution in [2.24, 2.45) is 0 Å². The Kier molecular flexibility index (Phi) is 6.73. The number of aromatic nitrogens is 1. The largest absolute Gasteiger partial charge is 0.487 e. The molecule has 3 aromatic rings. The van der Waals surface area contributed by atoms with E-state index in [1.165, 1.54) is 10.5 Å². The lowest BCUT2D eigenvalue weighted by atomic mass is 9.94. The molecular formula is C27H28N2O4. The highest BCUT2D eigenvalue weighted by Crippen LogP contribution is 2.34. The number of nitrogens with zero attached hydrogens (tertiary/aromatic N) is 2. The minimum absolute atomic E-state index is 0.00743. The molecule has 0 aliphatic carbocycles. The van der Waals surface area contributed by atoms with Crippen molar-refractivity contribution in [1.82, 2.24) is 9.88 Å². The molecule has 2 heterocycles. The smallest absolute Gasteiger partial charge is 0.407 e. The minimum atomic E-state index is -0.881. The van der Waals surface area contributed by atoms with Crippen LogP contribution < -0.4 is 4.74 Å². The van der Waals surface area contributed by atoms with E-state index in [0.717, 1.165) is 34.4 Å². The van der Waals surface area contributed by atoms with Gasteiger partial charge in [0.2, 0.25) is 0 Å².